The average molecular weight is 533 g/mol. The van der Waals surface area contributed by atoms with Crippen molar-refractivity contribution in [1.29, 1.82) is 5.41 Å². The number of anilines is 2. The Morgan fingerprint density at radius 1 is 1.08 bits per heavy atom. The van der Waals surface area contributed by atoms with Gasteiger partial charge in [-0.05, 0) is 46.3 Å². The first-order chi connectivity index (χ1) is 18.1. The number of aromatic nitrogens is 4. The Kier molecular flexibility index (Phi) is 7.82. The standard InChI is InChI=1S/C26H28N8O3S/c1-33-24(30-31-32-33)14-15-34(21-7-5-6-19(16-21)26(27)28)17-25(35)29-20-12-10-18(11-13-20)22-8-3-4-9-23(22)38(2,36)37/h3-13,16H,14-15,17H2,1-2H3,(H3,27,28)(H,29,35). The van der Waals surface area contributed by atoms with E-state index in [1.807, 2.05) is 11.0 Å². The fourth-order valence-electron chi connectivity index (χ4n) is 4.00. The molecule has 1 heterocycles. The number of amides is 1. The zero-order valence-corrected chi connectivity index (χ0v) is 21.8. The van der Waals surface area contributed by atoms with Crippen LogP contribution in [0.5, 0.6) is 0 Å². The number of carbonyl (C=O) groups excluding carboxylic acids is 1. The van der Waals surface area contributed by atoms with E-state index < -0.39 is 9.84 Å². The summed E-state index contributed by atoms with van der Waals surface area (Å²) in [6.45, 7) is 0.482. The van der Waals surface area contributed by atoms with Crippen molar-refractivity contribution in [1.82, 2.24) is 20.2 Å². The van der Waals surface area contributed by atoms with Crippen molar-refractivity contribution in [2.24, 2.45) is 12.8 Å². The zero-order chi connectivity index (χ0) is 27.3. The van der Waals surface area contributed by atoms with Gasteiger partial charge < -0.3 is 16.0 Å². The molecule has 0 fully saturated rings. The molecule has 0 aliphatic carbocycles. The van der Waals surface area contributed by atoms with Crippen LogP contribution in [0, 0.1) is 5.41 Å². The van der Waals surface area contributed by atoms with Gasteiger partial charge in [-0.25, -0.2) is 13.1 Å². The monoisotopic (exact) mass is 532 g/mol. The van der Waals surface area contributed by atoms with Crippen LogP contribution in [0.15, 0.2) is 77.7 Å². The normalized spacial score (nSPS) is 11.2. The maximum Gasteiger partial charge on any atom is 0.243 e. The lowest BCUT2D eigenvalue weighted by Crippen LogP contribution is -2.35. The van der Waals surface area contributed by atoms with Crippen LogP contribution in [-0.4, -0.2) is 59.7 Å². The van der Waals surface area contributed by atoms with E-state index in [-0.39, 0.29) is 23.2 Å². The Bertz CT molecular complexity index is 1570. The third kappa shape index (κ3) is 6.40. The van der Waals surface area contributed by atoms with Crippen LogP contribution in [0.3, 0.4) is 0 Å². The number of benzene rings is 3. The minimum atomic E-state index is -3.39. The van der Waals surface area contributed by atoms with Crippen LogP contribution in [-0.2, 0) is 28.1 Å². The summed E-state index contributed by atoms with van der Waals surface area (Å²) in [5, 5.41) is 22.2. The second-order valence-corrected chi connectivity index (χ2v) is 10.7. The van der Waals surface area contributed by atoms with E-state index >= 15 is 0 Å². The quantitative estimate of drug-likeness (QED) is 0.207. The summed E-state index contributed by atoms with van der Waals surface area (Å²) >= 11 is 0. The first-order valence-corrected chi connectivity index (χ1v) is 13.6. The van der Waals surface area contributed by atoms with Crippen molar-refractivity contribution >= 4 is 33.0 Å². The molecule has 12 heteroatoms. The molecular formula is C26H28N8O3S. The Hall–Kier alpha value is -4.58. The van der Waals surface area contributed by atoms with E-state index in [4.69, 9.17) is 11.1 Å². The lowest BCUT2D eigenvalue weighted by atomic mass is 10.1. The highest BCUT2D eigenvalue weighted by Crippen LogP contribution is 2.28. The second-order valence-electron chi connectivity index (χ2n) is 8.75. The maximum atomic E-state index is 13.0. The van der Waals surface area contributed by atoms with Crippen LogP contribution in [0.1, 0.15) is 11.4 Å². The molecule has 4 rings (SSSR count). The summed E-state index contributed by atoms with van der Waals surface area (Å²) in [7, 11) is -1.64. The molecule has 1 aromatic heterocycles. The molecular weight excluding hydrogens is 504 g/mol. The van der Waals surface area contributed by atoms with Gasteiger partial charge in [0, 0.05) is 48.8 Å². The number of carbonyl (C=O) groups is 1. The van der Waals surface area contributed by atoms with Crippen LogP contribution < -0.4 is 16.0 Å². The molecule has 3 aromatic carbocycles. The van der Waals surface area contributed by atoms with Crippen molar-refractivity contribution in [3.05, 3.63) is 84.2 Å². The number of hydrogen-bond donors (Lipinski definition) is 3. The van der Waals surface area contributed by atoms with E-state index in [9.17, 15) is 13.2 Å². The van der Waals surface area contributed by atoms with Crippen LogP contribution >= 0.6 is 0 Å². The molecule has 0 unspecified atom stereocenters. The second kappa shape index (κ2) is 11.2. The molecule has 0 aliphatic rings. The van der Waals surface area contributed by atoms with Gasteiger partial charge in [0.2, 0.25) is 5.91 Å². The van der Waals surface area contributed by atoms with Crippen molar-refractivity contribution in [2.75, 3.05) is 29.6 Å². The minimum absolute atomic E-state index is 0.0330. The van der Waals surface area contributed by atoms with E-state index in [1.165, 1.54) is 6.26 Å². The van der Waals surface area contributed by atoms with E-state index in [0.717, 1.165) is 11.3 Å². The fourth-order valence-corrected chi connectivity index (χ4v) is 4.91. The number of nitrogens with two attached hydrogens (primary N) is 1. The van der Waals surface area contributed by atoms with Crippen molar-refractivity contribution < 1.29 is 13.2 Å². The molecule has 0 bridgehead atoms. The topological polar surface area (TPSA) is 160 Å². The van der Waals surface area contributed by atoms with Crippen molar-refractivity contribution in [3.63, 3.8) is 0 Å². The molecule has 0 aliphatic heterocycles. The van der Waals surface area contributed by atoms with Gasteiger partial charge in [-0.1, -0.05) is 42.5 Å². The Balaban J connectivity index is 1.51. The Morgan fingerprint density at radius 3 is 2.47 bits per heavy atom. The van der Waals surface area contributed by atoms with Gasteiger partial charge in [0.15, 0.2) is 15.7 Å². The van der Waals surface area contributed by atoms with Crippen molar-refractivity contribution in [3.8, 4) is 11.1 Å². The summed E-state index contributed by atoms with van der Waals surface area (Å²) in [6.07, 6.45) is 1.68. The highest BCUT2D eigenvalue weighted by atomic mass is 32.2. The van der Waals surface area contributed by atoms with Gasteiger partial charge in [0.25, 0.3) is 0 Å². The first-order valence-electron chi connectivity index (χ1n) is 11.7. The predicted molar refractivity (Wildman–Crippen MR) is 146 cm³/mol. The molecule has 0 atom stereocenters. The summed E-state index contributed by atoms with van der Waals surface area (Å²) in [5.41, 5.74) is 8.85. The largest absolute Gasteiger partial charge is 0.384 e. The lowest BCUT2D eigenvalue weighted by molar-refractivity contribution is -0.115. The molecule has 0 spiro atoms. The van der Waals surface area contributed by atoms with Crippen LogP contribution in [0.25, 0.3) is 11.1 Å². The number of tetrazole rings is 1. The van der Waals surface area contributed by atoms with Gasteiger partial charge in [0.05, 0.1) is 11.4 Å². The third-order valence-electron chi connectivity index (χ3n) is 5.94. The van der Waals surface area contributed by atoms with Crippen molar-refractivity contribution in [2.45, 2.75) is 11.3 Å². The minimum Gasteiger partial charge on any atom is -0.384 e. The number of rotatable bonds is 10. The number of sulfone groups is 1. The van der Waals surface area contributed by atoms with Gasteiger partial charge >= 0.3 is 0 Å². The highest BCUT2D eigenvalue weighted by molar-refractivity contribution is 7.90. The van der Waals surface area contributed by atoms with E-state index in [2.05, 4.69) is 20.8 Å². The molecule has 196 valence electrons. The van der Waals surface area contributed by atoms with Gasteiger partial charge in [-0.2, -0.15) is 0 Å². The highest BCUT2D eigenvalue weighted by Gasteiger charge is 2.16. The van der Waals surface area contributed by atoms with E-state index in [1.54, 1.807) is 78.5 Å². The summed E-state index contributed by atoms with van der Waals surface area (Å²) < 4.78 is 25.9. The molecule has 4 N–H and O–H groups in total. The third-order valence-corrected chi connectivity index (χ3v) is 7.09. The van der Waals surface area contributed by atoms with Gasteiger partial charge in [-0.15, -0.1) is 5.10 Å². The fraction of sp³-hybridized carbons (Fsp3) is 0.192. The molecule has 11 nitrogen and oxygen atoms in total. The molecule has 0 saturated carbocycles. The average Bonchev–Trinajstić information content (AvgIpc) is 3.31. The number of nitrogens with one attached hydrogen (secondary N) is 2. The van der Waals surface area contributed by atoms with Crippen LogP contribution in [0.4, 0.5) is 11.4 Å². The SMILES string of the molecule is Cn1nnnc1CCN(CC(=O)Nc1ccc(-c2ccccc2S(C)(=O)=O)cc1)c1cccc(C(=N)N)c1. The van der Waals surface area contributed by atoms with Gasteiger partial charge in [0.1, 0.15) is 5.84 Å². The molecule has 38 heavy (non-hydrogen) atoms. The number of amidine groups is 1. The predicted octanol–water partition coefficient (Wildman–Crippen LogP) is 2.25. The number of aryl methyl sites for hydroxylation is 1. The zero-order valence-electron chi connectivity index (χ0n) is 21.0. The molecule has 0 saturated heterocycles. The van der Waals surface area contributed by atoms with E-state index in [0.29, 0.717) is 35.6 Å². The van der Waals surface area contributed by atoms with Crippen LogP contribution in [0.2, 0.25) is 0 Å². The lowest BCUT2D eigenvalue weighted by Gasteiger charge is -2.24. The number of nitrogens with zero attached hydrogens (tertiary/aromatic N) is 5. The summed E-state index contributed by atoms with van der Waals surface area (Å²) in [5.74, 6) is 0.355. The molecule has 0 radical (unpaired) electrons. The Labute approximate surface area is 220 Å². The summed E-state index contributed by atoms with van der Waals surface area (Å²) in [4.78, 5) is 15.2. The number of hydrogen-bond acceptors (Lipinski definition) is 8. The maximum absolute atomic E-state index is 13.0. The number of nitrogen functional groups attached to an aromatic ring is 1. The first kappa shape index (κ1) is 26.5. The molecule has 1 amide bonds. The smallest absolute Gasteiger partial charge is 0.243 e. The molecule has 4 aromatic rings. The Morgan fingerprint density at radius 2 is 1.82 bits per heavy atom. The van der Waals surface area contributed by atoms with Gasteiger partial charge in [-0.3, -0.25) is 10.2 Å². The summed E-state index contributed by atoms with van der Waals surface area (Å²) in [6, 6.07) is 21.0.